The summed E-state index contributed by atoms with van der Waals surface area (Å²) in [6, 6.07) is 0. The van der Waals surface area contributed by atoms with Gasteiger partial charge in [0.15, 0.2) is 0 Å². The van der Waals surface area contributed by atoms with Crippen LogP contribution in [0, 0.1) is 11.8 Å². The van der Waals surface area contributed by atoms with Crippen LogP contribution in [0.15, 0.2) is 22.3 Å². The van der Waals surface area contributed by atoms with Gasteiger partial charge in [-0.2, -0.15) is 5.10 Å². The first-order chi connectivity index (χ1) is 7.99. The van der Waals surface area contributed by atoms with Crippen LogP contribution >= 0.6 is 15.9 Å². The Morgan fingerprint density at radius 2 is 2.29 bits per heavy atom. The molecule has 0 fully saturated rings. The molecule has 3 unspecified atom stereocenters. The highest BCUT2D eigenvalue weighted by Crippen LogP contribution is 2.38. The van der Waals surface area contributed by atoms with Crippen LogP contribution in [-0.4, -0.2) is 14.9 Å². The number of aliphatic hydroxyl groups is 1. The summed E-state index contributed by atoms with van der Waals surface area (Å²) in [5, 5.41) is 14.7. The number of hydrogen-bond acceptors (Lipinski definition) is 2. The van der Waals surface area contributed by atoms with E-state index in [-0.39, 0.29) is 0 Å². The molecule has 1 aromatic rings. The number of aryl methyl sites for hydroxylation is 1. The monoisotopic (exact) mass is 298 g/mol. The second-order valence-electron chi connectivity index (χ2n) is 5.14. The molecule has 0 bridgehead atoms. The van der Waals surface area contributed by atoms with E-state index in [2.05, 4.69) is 41.0 Å². The van der Waals surface area contributed by atoms with Crippen molar-refractivity contribution in [2.75, 3.05) is 0 Å². The topological polar surface area (TPSA) is 38.1 Å². The van der Waals surface area contributed by atoms with Gasteiger partial charge in [0, 0.05) is 7.05 Å². The molecule has 4 heteroatoms. The minimum atomic E-state index is -0.442. The predicted molar refractivity (Wildman–Crippen MR) is 71.5 cm³/mol. The largest absolute Gasteiger partial charge is 0.386 e. The van der Waals surface area contributed by atoms with Crippen molar-refractivity contribution in [3.05, 3.63) is 28.0 Å². The van der Waals surface area contributed by atoms with Gasteiger partial charge in [0.2, 0.25) is 0 Å². The zero-order chi connectivity index (χ0) is 12.6. The molecule has 0 amide bonds. The van der Waals surface area contributed by atoms with Crippen molar-refractivity contribution in [3.8, 4) is 0 Å². The van der Waals surface area contributed by atoms with E-state index in [4.69, 9.17) is 0 Å². The van der Waals surface area contributed by atoms with E-state index >= 15 is 0 Å². The molecular weight excluding hydrogens is 280 g/mol. The average Bonchev–Trinajstić information content (AvgIpc) is 2.56. The van der Waals surface area contributed by atoms with Gasteiger partial charge in [-0.15, -0.1) is 0 Å². The third-order valence-corrected chi connectivity index (χ3v) is 4.10. The Kier molecular flexibility index (Phi) is 3.73. The highest BCUT2D eigenvalue weighted by atomic mass is 79.9. The third kappa shape index (κ3) is 2.63. The maximum Gasteiger partial charge on any atom is 0.0999 e. The van der Waals surface area contributed by atoms with E-state index in [1.165, 1.54) is 5.57 Å². The molecule has 0 radical (unpaired) electrons. The van der Waals surface area contributed by atoms with Gasteiger partial charge in [0.25, 0.3) is 0 Å². The number of hydrogen-bond donors (Lipinski definition) is 1. The van der Waals surface area contributed by atoms with Crippen LogP contribution in [0.3, 0.4) is 0 Å². The van der Waals surface area contributed by atoms with E-state index in [1.807, 2.05) is 7.05 Å². The molecular formula is C13H19BrN2O. The van der Waals surface area contributed by atoms with Gasteiger partial charge in [-0.3, -0.25) is 4.68 Å². The van der Waals surface area contributed by atoms with Gasteiger partial charge < -0.3 is 5.11 Å². The highest BCUT2D eigenvalue weighted by molar-refractivity contribution is 9.10. The SMILES string of the molecule is CC1=CC(C)CC(C(O)c2c(Br)cnn2C)C1. The van der Waals surface area contributed by atoms with E-state index in [0.29, 0.717) is 11.8 Å². The number of rotatable bonds is 2. The molecule has 3 atom stereocenters. The summed E-state index contributed by atoms with van der Waals surface area (Å²) in [6.07, 6.45) is 5.62. The minimum Gasteiger partial charge on any atom is -0.386 e. The van der Waals surface area contributed by atoms with Crippen LogP contribution in [0.5, 0.6) is 0 Å². The smallest absolute Gasteiger partial charge is 0.0999 e. The van der Waals surface area contributed by atoms with E-state index in [9.17, 15) is 5.11 Å². The molecule has 1 heterocycles. The quantitative estimate of drug-likeness (QED) is 0.852. The number of allylic oxidation sites excluding steroid dienone is 2. The van der Waals surface area contributed by atoms with E-state index in [0.717, 1.165) is 23.0 Å². The van der Waals surface area contributed by atoms with Crippen molar-refractivity contribution in [1.29, 1.82) is 0 Å². The van der Waals surface area contributed by atoms with Crippen LogP contribution in [0.2, 0.25) is 0 Å². The summed E-state index contributed by atoms with van der Waals surface area (Å²) in [5.41, 5.74) is 2.27. The molecule has 0 aliphatic heterocycles. The fraction of sp³-hybridized carbons (Fsp3) is 0.615. The third-order valence-electron chi connectivity index (χ3n) is 3.49. The van der Waals surface area contributed by atoms with Crippen molar-refractivity contribution >= 4 is 15.9 Å². The minimum absolute atomic E-state index is 0.293. The molecule has 3 nitrogen and oxygen atoms in total. The molecule has 1 N–H and O–H groups in total. The fourth-order valence-electron chi connectivity index (χ4n) is 2.81. The average molecular weight is 299 g/mol. The van der Waals surface area contributed by atoms with Crippen molar-refractivity contribution in [2.24, 2.45) is 18.9 Å². The lowest BCUT2D eigenvalue weighted by molar-refractivity contribution is 0.0851. The summed E-state index contributed by atoms with van der Waals surface area (Å²) >= 11 is 3.46. The molecule has 17 heavy (non-hydrogen) atoms. The first kappa shape index (κ1) is 12.8. The maximum atomic E-state index is 10.5. The number of aliphatic hydroxyl groups excluding tert-OH is 1. The first-order valence-electron chi connectivity index (χ1n) is 6.01. The summed E-state index contributed by atoms with van der Waals surface area (Å²) in [6.45, 7) is 4.36. The lowest BCUT2D eigenvalue weighted by Crippen LogP contribution is -2.21. The summed E-state index contributed by atoms with van der Waals surface area (Å²) in [7, 11) is 1.87. The lowest BCUT2D eigenvalue weighted by Gasteiger charge is -2.29. The molecule has 1 aliphatic rings. The van der Waals surface area contributed by atoms with Gasteiger partial charge in [-0.05, 0) is 47.5 Å². The second-order valence-corrected chi connectivity index (χ2v) is 5.99. The first-order valence-corrected chi connectivity index (χ1v) is 6.81. The van der Waals surface area contributed by atoms with Gasteiger partial charge in [0.05, 0.1) is 22.5 Å². The molecule has 0 saturated heterocycles. The zero-order valence-corrected chi connectivity index (χ0v) is 12.1. The maximum absolute atomic E-state index is 10.5. The summed E-state index contributed by atoms with van der Waals surface area (Å²) < 4.78 is 2.65. The molecule has 94 valence electrons. The Morgan fingerprint density at radius 3 is 2.82 bits per heavy atom. The van der Waals surface area contributed by atoms with Crippen LogP contribution in [0.25, 0.3) is 0 Å². The molecule has 0 spiro atoms. The van der Waals surface area contributed by atoms with Gasteiger partial charge in [-0.1, -0.05) is 18.6 Å². The number of aromatic nitrogens is 2. The van der Waals surface area contributed by atoms with Gasteiger partial charge in [-0.25, -0.2) is 0 Å². The molecule has 1 aromatic heterocycles. The standard InChI is InChI=1S/C13H19BrN2O/c1-8-4-9(2)6-10(5-8)13(17)12-11(14)7-15-16(12)3/h4,7-8,10,13,17H,5-6H2,1-3H3. The fourth-order valence-corrected chi connectivity index (χ4v) is 3.40. The van der Waals surface area contributed by atoms with Crippen molar-refractivity contribution in [3.63, 3.8) is 0 Å². The zero-order valence-electron chi connectivity index (χ0n) is 10.5. The summed E-state index contributed by atoms with van der Waals surface area (Å²) in [5.74, 6) is 0.845. The summed E-state index contributed by atoms with van der Waals surface area (Å²) in [4.78, 5) is 0. The van der Waals surface area contributed by atoms with Crippen LogP contribution in [0.1, 0.15) is 38.5 Å². The lowest BCUT2D eigenvalue weighted by atomic mass is 9.80. The second kappa shape index (κ2) is 4.94. The molecule has 1 aliphatic carbocycles. The Morgan fingerprint density at radius 1 is 1.59 bits per heavy atom. The molecule has 2 rings (SSSR count). The normalized spacial score (nSPS) is 26.8. The van der Waals surface area contributed by atoms with Crippen molar-refractivity contribution < 1.29 is 5.11 Å². The van der Waals surface area contributed by atoms with Crippen molar-refractivity contribution in [1.82, 2.24) is 9.78 Å². The molecule has 0 saturated carbocycles. The van der Waals surface area contributed by atoms with Gasteiger partial charge >= 0.3 is 0 Å². The Balaban J connectivity index is 2.21. The van der Waals surface area contributed by atoms with Crippen LogP contribution in [-0.2, 0) is 7.05 Å². The molecule has 0 aromatic carbocycles. The van der Waals surface area contributed by atoms with Crippen LogP contribution in [0.4, 0.5) is 0 Å². The predicted octanol–water partition coefficient (Wildman–Crippen LogP) is 3.21. The van der Waals surface area contributed by atoms with E-state index in [1.54, 1.807) is 10.9 Å². The number of nitrogens with zero attached hydrogens (tertiary/aromatic N) is 2. The van der Waals surface area contributed by atoms with Gasteiger partial charge in [0.1, 0.15) is 0 Å². The highest BCUT2D eigenvalue weighted by Gasteiger charge is 2.29. The Hall–Kier alpha value is -0.610. The Bertz CT molecular complexity index is 419. The van der Waals surface area contributed by atoms with Crippen molar-refractivity contribution in [2.45, 2.75) is 32.8 Å². The Labute approximate surface area is 111 Å². The number of halogens is 1. The van der Waals surface area contributed by atoms with Crippen LogP contribution < -0.4 is 0 Å². The van der Waals surface area contributed by atoms with E-state index < -0.39 is 6.10 Å².